The summed E-state index contributed by atoms with van der Waals surface area (Å²) in [6, 6.07) is 17.6. The maximum Gasteiger partial charge on any atom is 0.243 e. The number of carbonyl (C=O) groups excluding carboxylic acids is 1. The molecule has 1 amide bonds. The van der Waals surface area contributed by atoms with Crippen LogP contribution in [0.25, 0.3) is 17.7 Å². The Bertz CT molecular complexity index is 931. The van der Waals surface area contributed by atoms with Crippen LogP contribution in [0.5, 0.6) is 0 Å². The molecule has 2 aliphatic rings. The van der Waals surface area contributed by atoms with Gasteiger partial charge in [-0.1, -0.05) is 85.5 Å². The first-order valence-corrected chi connectivity index (χ1v) is 12.0. The van der Waals surface area contributed by atoms with Gasteiger partial charge in [0.05, 0.1) is 0 Å². The molecule has 0 spiro atoms. The highest BCUT2D eigenvalue weighted by Crippen LogP contribution is 2.38. The summed E-state index contributed by atoms with van der Waals surface area (Å²) in [5, 5.41) is 8.52. The van der Waals surface area contributed by atoms with Crippen molar-refractivity contribution in [3.05, 3.63) is 76.4 Å². The number of nitrogens with zero attached hydrogens (tertiary/aromatic N) is 1. The Morgan fingerprint density at radius 1 is 0.812 bits per heavy atom. The molecule has 4 heteroatoms. The predicted molar refractivity (Wildman–Crippen MR) is 131 cm³/mol. The zero-order valence-electron chi connectivity index (χ0n) is 18.9. The number of fused-ring (bicyclic) bond motifs is 2. The number of benzene rings is 2. The van der Waals surface area contributed by atoms with Gasteiger partial charge in [0.1, 0.15) is 0 Å². The summed E-state index contributed by atoms with van der Waals surface area (Å²) < 4.78 is 0. The molecule has 0 radical (unpaired) electrons. The van der Waals surface area contributed by atoms with Gasteiger partial charge in [-0.2, -0.15) is 0 Å². The number of carbonyl (C=O) groups is 1. The number of nitrogens with one attached hydrogen (secondary N) is 1. The van der Waals surface area contributed by atoms with Crippen LogP contribution < -0.4 is 5.48 Å². The third-order valence-electron chi connectivity index (χ3n) is 6.72. The van der Waals surface area contributed by atoms with Crippen LogP contribution in [0.4, 0.5) is 0 Å². The normalized spacial score (nSPS) is 15.8. The second kappa shape index (κ2) is 11.3. The Kier molecular flexibility index (Phi) is 7.92. The van der Waals surface area contributed by atoms with E-state index in [9.17, 15) is 4.79 Å². The van der Waals surface area contributed by atoms with Gasteiger partial charge in [-0.05, 0) is 60.1 Å². The van der Waals surface area contributed by atoms with Gasteiger partial charge in [0, 0.05) is 19.5 Å². The van der Waals surface area contributed by atoms with Gasteiger partial charge < -0.3 is 4.90 Å². The third-order valence-corrected chi connectivity index (χ3v) is 6.72. The molecule has 1 aliphatic carbocycles. The van der Waals surface area contributed by atoms with Crippen molar-refractivity contribution in [3.63, 3.8) is 0 Å². The van der Waals surface area contributed by atoms with E-state index in [1.54, 1.807) is 11.1 Å². The molecule has 0 aromatic heterocycles. The Labute approximate surface area is 191 Å². The Morgan fingerprint density at radius 2 is 1.38 bits per heavy atom. The van der Waals surface area contributed by atoms with Crippen molar-refractivity contribution in [2.75, 3.05) is 19.6 Å². The summed E-state index contributed by atoms with van der Waals surface area (Å²) in [4.78, 5) is 13.6. The summed E-state index contributed by atoms with van der Waals surface area (Å²) in [7, 11) is 0. The number of likely N-dealkylation sites (tertiary alicyclic amines) is 1. The number of hydrogen-bond donors (Lipinski definition) is 2. The molecule has 2 aromatic carbocycles. The highest BCUT2D eigenvalue weighted by molar-refractivity contribution is 5.94. The minimum Gasteiger partial charge on any atom is -0.303 e. The van der Waals surface area contributed by atoms with Crippen molar-refractivity contribution in [3.8, 4) is 0 Å². The van der Waals surface area contributed by atoms with E-state index < -0.39 is 0 Å². The molecule has 1 aliphatic heterocycles. The lowest BCUT2D eigenvalue weighted by Gasteiger charge is -2.30. The summed E-state index contributed by atoms with van der Waals surface area (Å²) in [5.41, 5.74) is 10.1. The maximum atomic E-state index is 11.0. The third kappa shape index (κ3) is 5.56. The fourth-order valence-corrected chi connectivity index (χ4v) is 4.95. The number of hydroxylamine groups is 1. The van der Waals surface area contributed by atoms with Crippen LogP contribution in [0.15, 0.2) is 54.1 Å². The Morgan fingerprint density at radius 3 is 2.00 bits per heavy atom. The van der Waals surface area contributed by atoms with Crippen molar-refractivity contribution in [2.45, 2.75) is 51.4 Å². The van der Waals surface area contributed by atoms with Crippen molar-refractivity contribution in [1.82, 2.24) is 10.4 Å². The molecular formula is C28H34N2O2. The van der Waals surface area contributed by atoms with E-state index >= 15 is 0 Å². The van der Waals surface area contributed by atoms with Crippen LogP contribution in [0.2, 0.25) is 0 Å². The minimum atomic E-state index is -0.280. The van der Waals surface area contributed by atoms with Crippen LogP contribution in [0, 0.1) is 0 Å². The van der Waals surface area contributed by atoms with Crippen LogP contribution >= 0.6 is 0 Å². The molecule has 2 aromatic rings. The fourth-order valence-electron chi connectivity index (χ4n) is 4.95. The Hall–Kier alpha value is -2.69. The quantitative estimate of drug-likeness (QED) is 0.265. The lowest BCUT2D eigenvalue weighted by molar-refractivity contribution is -0.129. The molecule has 0 atom stereocenters. The van der Waals surface area contributed by atoms with Gasteiger partial charge in [-0.3, -0.25) is 10.0 Å². The van der Waals surface area contributed by atoms with Crippen LogP contribution in [-0.4, -0.2) is 35.6 Å². The number of unbranched alkanes of at least 4 members (excludes halogenated alkanes) is 4. The van der Waals surface area contributed by atoms with E-state index in [0.717, 1.165) is 51.7 Å². The first kappa shape index (κ1) is 22.5. The number of piperidine rings is 1. The lowest BCUT2D eigenvalue weighted by atomic mass is 9.86. The van der Waals surface area contributed by atoms with Crippen molar-refractivity contribution in [1.29, 1.82) is 0 Å². The second-order valence-corrected chi connectivity index (χ2v) is 8.88. The molecule has 0 unspecified atom stereocenters. The average molecular weight is 431 g/mol. The molecule has 168 valence electrons. The predicted octanol–water partition coefficient (Wildman–Crippen LogP) is 5.91. The summed E-state index contributed by atoms with van der Waals surface area (Å²) in [5.74, 6) is -0.280. The largest absolute Gasteiger partial charge is 0.303 e. The lowest BCUT2D eigenvalue weighted by Crippen LogP contribution is -2.32. The van der Waals surface area contributed by atoms with Gasteiger partial charge in [-0.15, -0.1) is 0 Å². The molecular weight excluding hydrogens is 396 g/mol. The molecule has 4 nitrogen and oxygen atoms in total. The van der Waals surface area contributed by atoms with Gasteiger partial charge in [-0.25, -0.2) is 5.48 Å². The number of amides is 1. The van der Waals surface area contributed by atoms with Gasteiger partial charge in [0.15, 0.2) is 0 Å². The van der Waals surface area contributed by atoms with E-state index in [2.05, 4.69) is 65.6 Å². The summed E-state index contributed by atoms with van der Waals surface area (Å²) in [6.07, 6.45) is 12.7. The van der Waals surface area contributed by atoms with Gasteiger partial charge >= 0.3 is 0 Å². The fraction of sp³-hybridized carbons (Fsp3) is 0.393. The zero-order valence-corrected chi connectivity index (χ0v) is 18.9. The summed E-state index contributed by atoms with van der Waals surface area (Å²) >= 11 is 0. The minimum absolute atomic E-state index is 0.280. The molecule has 1 heterocycles. The molecule has 1 saturated heterocycles. The van der Waals surface area contributed by atoms with E-state index in [0.29, 0.717) is 6.42 Å². The zero-order chi connectivity index (χ0) is 22.2. The first-order valence-electron chi connectivity index (χ1n) is 12.0. The molecule has 2 N–H and O–H groups in total. The van der Waals surface area contributed by atoms with Crippen molar-refractivity contribution >= 4 is 23.6 Å². The smallest absolute Gasteiger partial charge is 0.243 e. The average Bonchev–Trinajstić information content (AvgIpc) is 3.01. The van der Waals surface area contributed by atoms with Crippen molar-refractivity contribution in [2.24, 2.45) is 0 Å². The van der Waals surface area contributed by atoms with Crippen LogP contribution in [0.1, 0.15) is 73.6 Å². The number of rotatable bonds is 8. The highest BCUT2D eigenvalue weighted by Gasteiger charge is 2.22. The highest BCUT2D eigenvalue weighted by atomic mass is 16.5. The van der Waals surface area contributed by atoms with E-state index in [1.807, 2.05) is 0 Å². The standard InChI is InChI=1S/C28H34N2O2/c31-27(29-32)14-4-2-1-3-9-19-30-20-17-24(18-21-30)28-25-12-7-5-10-22(25)15-16-23-11-6-8-13-26(23)28/h5-8,10-13,15-16,32H,1-4,9,14,17-21H2,(H,29,31). The monoisotopic (exact) mass is 430 g/mol. The topological polar surface area (TPSA) is 52.6 Å². The van der Waals surface area contributed by atoms with Crippen molar-refractivity contribution < 1.29 is 10.0 Å². The molecule has 32 heavy (non-hydrogen) atoms. The first-order chi connectivity index (χ1) is 15.8. The maximum absolute atomic E-state index is 11.0. The molecule has 4 rings (SSSR count). The molecule has 0 saturated carbocycles. The van der Waals surface area contributed by atoms with Gasteiger partial charge in [0.2, 0.25) is 5.91 Å². The SMILES string of the molecule is O=C(CCCCCCCN1CCC(=C2c3ccccc3C=Cc3ccccc32)CC1)NO. The van der Waals surface area contributed by atoms with Crippen LogP contribution in [-0.2, 0) is 4.79 Å². The van der Waals surface area contributed by atoms with Gasteiger partial charge in [0.25, 0.3) is 0 Å². The second-order valence-electron chi connectivity index (χ2n) is 8.88. The Balaban J connectivity index is 1.34. The van der Waals surface area contributed by atoms with E-state index in [1.165, 1.54) is 40.7 Å². The van der Waals surface area contributed by atoms with E-state index in [4.69, 9.17) is 5.21 Å². The van der Waals surface area contributed by atoms with E-state index in [-0.39, 0.29) is 5.91 Å². The number of hydrogen-bond acceptors (Lipinski definition) is 3. The molecule has 0 bridgehead atoms. The summed E-state index contributed by atoms with van der Waals surface area (Å²) in [6.45, 7) is 3.43. The van der Waals surface area contributed by atoms with Crippen LogP contribution in [0.3, 0.4) is 0 Å². The molecule has 1 fully saturated rings.